The van der Waals surface area contributed by atoms with E-state index < -0.39 is 11.9 Å². The molecular weight excluding hydrogens is 585 g/mol. The van der Waals surface area contributed by atoms with Crippen LogP contribution in [0, 0.1) is 18.7 Å². The van der Waals surface area contributed by atoms with E-state index in [-0.39, 0.29) is 24.9 Å². The first kappa shape index (κ1) is 27.7. The average Bonchev–Trinajstić information content (AvgIpc) is 3.47. The van der Waals surface area contributed by atoms with Gasteiger partial charge in [0.2, 0.25) is 0 Å². The van der Waals surface area contributed by atoms with Crippen molar-refractivity contribution in [2.24, 2.45) is 0 Å². The molecule has 0 aliphatic heterocycles. The van der Waals surface area contributed by atoms with Gasteiger partial charge in [-0.15, -0.1) is 22.7 Å². The van der Waals surface area contributed by atoms with Crippen LogP contribution in [0.15, 0.2) is 60.7 Å². The molecule has 12 heteroatoms. The van der Waals surface area contributed by atoms with E-state index >= 15 is 0 Å². The van der Waals surface area contributed by atoms with Gasteiger partial charge in [-0.3, -0.25) is 20.0 Å². The number of esters is 2. The van der Waals surface area contributed by atoms with Gasteiger partial charge in [-0.2, -0.15) is 0 Å². The lowest BCUT2D eigenvalue weighted by Crippen LogP contribution is -2.17. The molecule has 0 aliphatic rings. The van der Waals surface area contributed by atoms with E-state index in [4.69, 9.17) is 44.7 Å². The minimum absolute atomic E-state index is 0.0910. The minimum Gasteiger partial charge on any atom is -0.462 e. The van der Waals surface area contributed by atoms with Crippen LogP contribution < -0.4 is 0 Å². The van der Waals surface area contributed by atoms with Gasteiger partial charge < -0.3 is 9.47 Å². The smallest absolute Gasteiger partial charge is 0.340 e. The van der Waals surface area contributed by atoms with E-state index in [0.717, 1.165) is 9.40 Å². The number of ether oxygens (including phenoxy) is 2. The number of carbonyl (C=O) groups is 2. The zero-order valence-electron chi connectivity index (χ0n) is 21.3. The molecule has 0 saturated heterocycles. The summed E-state index contributed by atoms with van der Waals surface area (Å²) in [6, 6.07) is 17.4. The highest BCUT2D eigenvalue weighted by molar-refractivity contribution is 7.74. The van der Waals surface area contributed by atoms with Crippen molar-refractivity contribution in [2.45, 2.75) is 13.8 Å². The number of benzene rings is 3. The molecule has 3 aromatic carbocycles. The van der Waals surface area contributed by atoms with Crippen LogP contribution in [0.25, 0.3) is 20.4 Å². The Hall–Kier alpha value is -3.84. The Bertz CT molecular complexity index is 1810. The lowest BCUT2D eigenvalue weighted by molar-refractivity contribution is 0.0518. The normalized spacial score (nSPS) is 11.1. The summed E-state index contributed by atoms with van der Waals surface area (Å²) < 4.78 is 16.0. The summed E-state index contributed by atoms with van der Waals surface area (Å²) in [7, 11) is 0. The summed E-state index contributed by atoms with van der Waals surface area (Å²) in [5.74, 6) is -0.775. The topological polar surface area (TPSA) is 110 Å². The molecule has 0 aliphatic carbocycles. The number of thiazole rings is 2. The van der Waals surface area contributed by atoms with Gasteiger partial charge in [0.05, 0.1) is 44.8 Å². The Morgan fingerprint density at radius 3 is 1.43 bits per heavy atom. The summed E-state index contributed by atoms with van der Waals surface area (Å²) >= 11 is 13.8. The molecular formula is C28H22N4O4S4. The molecule has 0 atom stereocenters. The molecule has 0 bridgehead atoms. The van der Waals surface area contributed by atoms with E-state index in [9.17, 15) is 9.59 Å². The second-order valence-electron chi connectivity index (χ2n) is 8.43. The number of carbonyl (C=O) groups excluding carboxylic acids is 2. The molecule has 5 rings (SSSR count). The number of fused-ring (bicyclic) bond motifs is 2. The van der Waals surface area contributed by atoms with Crippen LogP contribution in [0.2, 0.25) is 0 Å². The number of nitrogens with one attached hydrogen (secondary N) is 2. The molecule has 0 saturated carbocycles. The maximum atomic E-state index is 12.6. The van der Waals surface area contributed by atoms with Crippen LogP contribution in [0.3, 0.4) is 0 Å². The summed E-state index contributed by atoms with van der Waals surface area (Å²) in [5, 5.41) is 17.9. The quantitative estimate of drug-likeness (QED) is 0.0910. The number of aromatic nitrogens is 2. The Balaban J connectivity index is 1.54. The summed E-state index contributed by atoms with van der Waals surface area (Å²) in [6.45, 7) is 3.94. The first-order valence-corrected chi connectivity index (χ1v) is 14.6. The fourth-order valence-electron chi connectivity index (χ4n) is 4.33. The molecule has 202 valence electrons. The maximum Gasteiger partial charge on any atom is 0.340 e. The first-order valence-electron chi connectivity index (χ1n) is 12.2. The molecule has 2 heterocycles. The van der Waals surface area contributed by atoms with Crippen LogP contribution in [-0.2, 0) is 9.47 Å². The van der Waals surface area contributed by atoms with Gasteiger partial charge in [0.1, 0.15) is 11.7 Å². The number of para-hydroxylation sites is 2. The second-order valence-corrected chi connectivity index (χ2v) is 11.8. The Morgan fingerprint density at radius 1 is 0.700 bits per heavy atom. The Labute approximate surface area is 247 Å². The SMILES string of the molecule is CCOC(=O)c1cccc2sc(=S)n(C(=N)c3ccc(C(=N)n4c(=S)sc5cccc(C(=O)OCC)c54)cc3)c12. The molecule has 5 aromatic rings. The number of rotatable bonds is 6. The fourth-order valence-corrected chi connectivity index (χ4v) is 7.05. The Morgan fingerprint density at radius 2 is 1.07 bits per heavy atom. The molecule has 2 aromatic heterocycles. The summed E-state index contributed by atoms with van der Waals surface area (Å²) in [6.07, 6.45) is 0. The molecule has 0 amide bonds. The van der Waals surface area contributed by atoms with Crippen LogP contribution in [0.1, 0.15) is 45.7 Å². The van der Waals surface area contributed by atoms with Crippen molar-refractivity contribution in [3.8, 4) is 0 Å². The van der Waals surface area contributed by atoms with E-state index in [1.165, 1.54) is 22.7 Å². The third kappa shape index (κ3) is 4.83. The van der Waals surface area contributed by atoms with Crippen molar-refractivity contribution >= 4 is 91.2 Å². The van der Waals surface area contributed by atoms with Gasteiger partial charge in [-0.1, -0.05) is 36.4 Å². The highest BCUT2D eigenvalue weighted by Crippen LogP contribution is 2.30. The summed E-state index contributed by atoms with van der Waals surface area (Å²) in [4.78, 5) is 25.3. The van der Waals surface area contributed by atoms with Crippen LogP contribution in [0.4, 0.5) is 0 Å². The maximum absolute atomic E-state index is 12.6. The second kappa shape index (κ2) is 11.3. The zero-order chi connectivity index (χ0) is 28.6. The molecule has 0 spiro atoms. The fraction of sp³-hybridized carbons (Fsp3) is 0.143. The first-order chi connectivity index (χ1) is 19.3. The van der Waals surface area contributed by atoms with Gasteiger partial charge in [-0.25, -0.2) is 9.59 Å². The van der Waals surface area contributed by atoms with E-state index in [2.05, 4.69) is 0 Å². The van der Waals surface area contributed by atoms with Gasteiger partial charge in [-0.05, 0) is 62.5 Å². The third-order valence-electron chi connectivity index (χ3n) is 6.07. The summed E-state index contributed by atoms with van der Waals surface area (Å²) in [5.41, 5.74) is 2.81. The standard InChI is InChI=1S/C28H22N4O4S4/c1-3-35-25(33)17-7-5-9-19-21(17)31(27(37)39-19)23(29)15-11-13-16(14-12-15)24(30)32-22-18(26(34)36-4-2)8-6-10-20(22)40-28(32)38/h5-14,29-30H,3-4H2,1-2H3. The Kier molecular flexibility index (Phi) is 7.86. The van der Waals surface area contributed by atoms with Gasteiger partial charge in [0.25, 0.3) is 0 Å². The molecule has 40 heavy (non-hydrogen) atoms. The van der Waals surface area contributed by atoms with Crippen molar-refractivity contribution in [3.63, 3.8) is 0 Å². The molecule has 8 nitrogen and oxygen atoms in total. The number of nitrogens with zero attached hydrogens (tertiary/aromatic N) is 2. The molecule has 0 radical (unpaired) electrons. The number of hydrogen-bond donors (Lipinski definition) is 2. The average molecular weight is 607 g/mol. The number of hydrogen-bond acceptors (Lipinski definition) is 10. The monoisotopic (exact) mass is 606 g/mol. The van der Waals surface area contributed by atoms with Gasteiger partial charge in [0, 0.05) is 11.1 Å². The highest BCUT2D eigenvalue weighted by Gasteiger charge is 2.21. The minimum atomic E-state index is -0.479. The molecule has 0 unspecified atom stereocenters. The largest absolute Gasteiger partial charge is 0.462 e. The predicted octanol–water partition coefficient (Wildman–Crippen LogP) is 7.28. The van der Waals surface area contributed by atoms with E-state index in [0.29, 0.717) is 41.2 Å². The van der Waals surface area contributed by atoms with Crippen molar-refractivity contribution < 1.29 is 19.1 Å². The van der Waals surface area contributed by atoms with Crippen molar-refractivity contribution in [3.05, 3.63) is 90.8 Å². The van der Waals surface area contributed by atoms with Crippen molar-refractivity contribution in [1.29, 1.82) is 10.8 Å². The highest BCUT2D eigenvalue weighted by atomic mass is 32.2. The van der Waals surface area contributed by atoms with Gasteiger partial charge in [0.15, 0.2) is 7.91 Å². The lowest BCUT2D eigenvalue weighted by Gasteiger charge is -2.12. The zero-order valence-corrected chi connectivity index (χ0v) is 24.6. The van der Waals surface area contributed by atoms with Crippen LogP contribution in [0.5, 0.6) is 0 Å². The van der Waals surface area contributed by atoms with Crippen molar-refractivity contribution in [2.75, 3.05) is 13.2 Å². The third-order valence-corrected chi connectivity index (χ3v) is 8.75. The molecule has 2 N–H and O–H groups in total. The predicted molar refractivity (Wildman–Crippen MR) is 164 cm³/mol. The van der Waals surface area contributed by atoms with Crippen LogP contribution in [-0.4, -0.2) is 46.0 Å². The lowest BCUT2D eigenvalue weighted by atomic mass is 10.1. The van der Waals surface area contributed by atoms with Crippen molar-refractivity contribution in [1.82, 2.24) is 9.13 Å². The van der Waals surface area contributed by atoms with Crippen LogP contribution >= 0.6 is 47.1 Å². The van der Waals surface area contributed by atoms with Gasteiger partial charge >= 0.3 is 11.9 Å². The van der Waals surface area contributed by atoms with E-state index in [1.807, 2.05) is 12.1 Å². The van der Waals surface area contributed by atoms with E-state index in [1.54, 1.807) is 71.5 Å². The molecule has 0 fully saturated rings.